The molecular weight excluding hydrogens is 516 g/mol. The number of fused-ring (bicyclic) bond motifs is 1. The van der Waals surface area contributed by atoms with Gasteiger partial charge in [0.25, 0.3) is 0 Å². The third-order valence-corrected chi connectivity index (χ3v) is 5.84. The molecule has 212 valence electrons. The lowest BCUT2D eigenvalue weighted by atomic mass is 10.0. The van der Waals surface area contributed by atoms with Crippen molar-refractivity contribution in [3.05, 3.63) is 36.0 Å². The number of nitrogens with two attached hydrogens (primary N) is 2. The summed E-state index contributed by atoms with van der Waals surface area (Å²) in [6.45, 7) is -0.714. The third kappa shape index (κ3) is 9.39. The van der Waals surface area contributed by atoms with Crippen LogP contribution in [0.4, 0.5) is 0 Å². The van der Waals surface area contributed by atoms with Gasteiger partial charge in [-0.05, 0) is 24.5 Å². The van der Waals surface area contributed by atoms with Gasteiger partial charge in [0.2, 0.25) is 23.6 Å². The van der Waals surface area contributed by atoms with Crippen LogP contribution in [0.2, 0.25) is 0 Å². The molecule has 0 aliphatic rings. The molecule has 15 nitrogen and oxygen atoms in total. The van der Waals surface area contributed by atoms with E-state index >= 15 is 0 Å². The lowest BCUT2D eigenvalue weighted by Gasteiger charge is -2.25. The molecule has 39 heavy (non-hydrogen) atoms. The number of carboxylic acids is 2. The summed E-state index contributed by atoms with van der Waals surface area (Å²) in [6.07, 6.45) is 0.0248. The van der Waals surface area contributed by atoms with Gasteiger partial charge in [-0.2, -0.15) is 0 Å². The zero-order chi connectivity index (χ0) is 29.1. The van der Waals surface area contributed by atoms with Gasteiger partial charge in [-0.25, -0.2) is 4.79 Å². The summed E-state index contributed by atoms with van der Waals surface area (Å²) >= 11 is 0. The van der Waals surface area contributed by atoms with Crippen LogP contribution < -0.4 is 27.4 Å². The number of hydrogen-bond donors (Lipinski definition) is 9. The summed E-state index contributed by atoms with van der Waals surface area (Å²) in [5, 5.41) is 35.3. The summed E-state index contributed by atoms with van der Waals surface area (Å²) in [4.78, 5) is 75.5. The van der Waals surface area contributed by atoms with Gasteiger partial charge in [0.05, 0.1) is 6.61 Å². The van der Waals surface area contributed by atoms with Gasteiger partial charge in [-0.3, -0.25) is 24.0 Å². The quantitative estimate of drug-likeness (QED) is 0.108. The summed E-state index contributed by atoms with van der Waals surface area (Å²) in [6, 6.07) is 1.46. The molecule has 0 bridgehead atoms. The van der Waals surface area contributed by atoms with Crippen molar-refractivity contribution in [1.29, 1.82) is 0 Å². The third-order valence-electron chi connectivity index (χ3n) is 5.84. The second-order valence-corrected chi connectivity index (χ2v) is 8.81. The van der Waals surface area contributed by atoms with Gasteiger partial charge >= 0.3 is 11.9 Å². The highest BCUT2D eigenvalue weighted by atomic mass is 16.4. The molecule has 0 fully saturated rings. The molecule has 0 saturated heterocycles. The van der Waals surface area contributed by atoms with Crippen LogP contribution >= 0.6 is 0 Å². The number of hydrogen-bond acceptors (Lipinski definition) is 8. The zero-order valence-corrected chi connectivity index (χ0v) is 20.9. The van der Waals surface area contributed by atoms with E-state index < -0.39 is 79.2 Å². The van der Waals surface area contributed by atoms with E-state index in [1.165, 1.54) is 0 Å². The largest absolute Gasteiger partial charge is 0.481 e. The SMILES string of the molecule is NC(=O)CCC(NC(=O)C(N)CO)C(=O)NC(Cc1c[nH]c2ccccc12)C(=O)NC(CCC(=O)O)C(=O)O. The predicted molar refractivity (Wildman–Crippen MR) is 136 cm³/mol. The molecule has 0 radical (unpaired) electrons. The van der Waals surface area contributed by atoms with Crippen molar-refractivity contribution in [2.45, 2.75) is 56.3 Å². The number of aromatic nitrogens is 1. The molecule has 15 heteroatoms. The maximum absolute atomic E-state index is 13.2. The van der Waals surface area contributed by atoms with E-state index in [-0.39, 0.29) is 19.3 Å². The number of para-hydroxylation sites is 1. The van der Waals surface area contributed by atoms with Crippen molar-refractivity contribution in [2.75, 3.05) is 6.61 Å². The Labute approximate surface area is 222 Å². The molecule has 4 amide bonds. The fraction of sp³-hybridized carbons (Fsp3) is 0.417. The minimum absolute atomic E-state index is 0.112. The summed E-state index contributed by atoms with van der Waals surface area (Å²) < 4.78 is 0. The molecule has 0 saturated carbocycles. The lowest BCUT2D eigenvalue weighted by Crippen LogP contribution is -2.58. The van der Waals surface area contributed by atoms with Crippen LogP contribution in [0.15, 0.2) is 30.5 Å². The van der Waals surface area contributed by atoms with E-state index in [1.54, 1.807) is 30.5 Å². The van der Waals surface area contributed by atoms with E-state index in [0.29, 0.717) is 5.56 Å². The zero-order valence-electron chi connectivity index (χ0n) is 20.9. The predicted octanol–water partition coefficient (Wildman–Crippen LogP) is -2.30. The lowest BCUT2D eigenvalue weighted by molar-refractivity contribution is -0.143. The van der Waals surface area contributed by atoms with Gasteiger partial charge < -0.3 is 47.7 Å². The number of nitrogens with one attached hydrogen (secondary N) is 4. The Morgan fingerprint density at radius 2 is 1.44 bits per heavy atom. The maximum Gasteiger partial charge on any atom is 0.326 e. The molecule has 11 N–H and O–H groups in total. The molecule has 2 rings (SSSR count). The number of aromatic amines is 1. The Morgan fingerprint density at radius 1 is 0.846 bits per heavy atom. The van der Waals surface area contributed by atoms with E-state index in [9.17, 15) is 33.9 Å². The Morgan fingerprint density at radius 3 is 2.05 bits per heavy atom. The van der Waals surface area contributed by atoms with Gasteiger partial charge in [-0.15, -0.1) is 0 Å². The van der Waals surface area contributed by atoms with Crippen molar-refractivity contribution in [1.82, 2.24) is 20.9 Å². The number of aliphatic hydroxyl groups excluding tert-OH is 1. The number of carboxylic acid groups (broad SMARTS) is 2. The minimum atomic E-state index is -1.55. The van der Waals surface area contributed by atoms with Crippen molar-refractivity contribution in [3.8, 4) is 0 Å². The number of aliphatic carboxylic acids is 2. The summed E-state index contributed by atoms with van der Waals surface area (Å²) in [7, 11) is 0. The second kappa shape index (κ2) is 14.4. The molecule has 4 unspecified atom stereocenters. The average molecular weight is 549 g/mol. The number of rotatable bonds is 16. The van der Waals surface area contributed by atoms with Crippen molar-refractivity contribution in [2.24, 2.45) is 11.5 Å². The number of H-pyrrole nitrogens is 1. The smallest absolute Gasteiger partial charge is 0.326 e. The van der Waals surface area contributed by atoms with Crippen LogP contribution in [0, 0.1) is 0 Å². The first-order chi connectivity index (χ1) is 18.4. The van der Waals surface area contributed by atoms with Gasteiger partial charge in [0.15, 0.2) is 0 Å². The van der Waals surface area contributed by atoms with E-state index in [0.717, 1.165) is 10.9 Å². The number of amides is 4. The molecule has 4 atom stereocenters. The molecule has 0 aliphatic carbocycles. The maximum atomic E-state index is 13.2. The van der Waals surface area contributed by atoms with Gasteiger partial charge in [-0.1, -0.05) is 18.2 Å². The number of carbonyl (C=O) groups excluding carboxylic acids is 4. The van der Waals surface area contributed by atoms with E-state index in [4.69, 9.17) is 21.7 Å². The highest BCUT2D eigenvalue weighted by Gasteiger charge is 2.31. The van der Waals surface area contributed by atoms with Crippen molar-refractivity contribution >= 4 is 46.5 Å². The second-order valence-electron chi connectivity index (χ2n) is 8.81. The molecular formula is C24H32N6O9. The first-order valence-electron chi connectivity index (χ1n) is 12.0. The highest BCUT2D eigenvalue weighted by molar-refractivity contribution is 5.95. The summed E-state index contributed by atoms with van der Waals surface area (Å²) in [5.41, 5.74) is 12.0. The molecule has 1 heterocycles. The standard InChI is InChI=1S/C24H32N6O9/c25-14(11-31)21(35)28-16(5-7-19(26)32)22(36)30-18(9-12-10-27-15-4-2-1-3-13(12)15)23(37)29-17(24(38)39)6-8-20(33)34/h1-4,10,14,16-18,27,31H,5-9,11,25H2,(H2,26,32)(H,28,35)(H,29,37)(H,30,36)(H,33,34)(H,38,39). The first-order valence-corrected chi connectivity index (χ1v) is 12.0. The summed E-state index contributed by atoms with van der Waals surface area (Å²) in [5.74, 6) is -6.19. The van der Waals surface area contributed by atoms with Crippen LogP contribution in [0.5, 0.6) is 0 Å². The Hall–Kier alpha value is -4.50. The van der Waals surface area contributed by atoms with Crippen molar-refractivity contribution < 1.29 is 44.1 Å². The monoisotopic (exact) mass is 548 g/mol. The average Bonchev–Trinajstić information content (AvgIpc) is 3.29. The van der Waals surface area contributed by atoms with E-state index in [2.05, 4.69) is 20.9 Å². The molecule has 2 aromatic rings. The van der Waals surface area contributed by atoms with Crippen LogP contribution in [-0.2, 0) is 35.2 Å². The van der Waals surface area contributed by atoms with Gasteiger partial charge in [0.1, 0.15) is 24.2 Å². The van der Waals surface area contributed by atoms with Crippen LogP contribution in [0.1, 0.15) is 31.2 Å². The molecule has 0 aliphatic heterocycles. The van der Waals surface area contributed by atoms with Crippen molar-refractivity contribution in [3.63, 3.8) is 0 Å². The molecule has 1 aromatic heterocycles. The number of carbonyl (C=O) groups is 6. The van der Waals surface area contributed by atoms with Gasteiger partial charge in [0, 0.05) is 36.4 Å². The Kier molecular flexibility index (Phi) is 11.4. The fourth-order valence-electron chi connectivity index (χ4n) is 3.72. The fourth-order valence-corrected chi connectivity index (χ4v) is 3.72. The Balaban J connectivity index is 2.33. The number of primary amides is 1. The number of benzene rings is 1. The van der Waals surface area contributed by atoms with Crippen LogP contribution in [-0.4, -0.2) is 86.6 Å². The topological polar surface area (TPSA) is 267 Å². The first kappa shape index (κ1) is 30.7. The number of aliphatic hydroxyl groups is 1. The molecule has 0 spiro atoms. The highest BCUT2D eigenvalue weighted by Crippen LogP contribution is 2.19. The molecule has 1 aromatic carbocycles. The van der Waals surface area contributed by atoms with Crippen LogP contribution in [0.3, 0.4) is 0 Å². The Bertz CT molecular complexity index is 1210. The van der Waals surface area contributed by atoms with Crippen LogP contribution in [0.25, 0.3) is 10.9 Å². The minimum Gasteiger partial charge on any atom is -0.481 e. The van der Waals surface area contributed by atoms with E-state index in [1.807, 2.05) is 0 Å². The normalized spacial score (nSPS) is 14.0.